The molecule has 0 N–H and O–H groups in total. The normalized spacial score (nSPS) is 16.8. The maximum absolute atomic E-state index is 13.2. The van der Waals surface area contributed by atoms with Crippen LogP contribution in [0.4, 0.5) is 5.82 Å². The number of fused-ring (bicyclic) bond motifs is 1. The average Bonchev–Trinajstić information content (AvgIpc) is 3.22. The second kappa shape index (κ2) is 8.46. The Morgan fingerprint density at radius 2 is 1.96 bits per heavy atom. The monoisotopic (exact) mass is 378 g/mol. The molecule has 4 rings (SSSR count). The van der Waals surface area contributed by atoms with Gasteiger partial charge >= 0.3 is 0 Å². The summed E-state index contributed by atoms with van der Waals surface area (Å²) in [6.45, 7) is 2.29. The third kappa shape index (κ3) is 4.03. The van der Waals surface area contributed by atoms with E-state index in [1.54, 1.807) is 6.20 Å². The standard InChI is InChI=1S/C23H26N2O3/c1-17(18-11-12-20-21(15-18)28-16-27-20)10-13-23(26)25(19-7-3-2-4-8-19)22-9-5-6-14-24-22/h5-6,9-12,14-15,19H,2-4,7-8,13,16H2,1H3/b17-10-. The predicted molar refractivity (Wildman–Crippen MR) is 109 cm³/mol. The number of hydrogen-bond acceptors (Lipinski definition) is 4. The number of benzene rings is 1. The number of carbonyl (C=O) groups is 1. The van der Waals surface area contributed by atoms with Crippen LogP contribution in [0, 0.1) is 0 Å². The quantitative estimate of drug-likeness (QED) is 0.737. The molecule has 28 heavy (non-hydrogen) atoms. The first-order chi connectivity index (χ1) is 13.7. The van der Waals surface area contributed by atoms with E-state index in [0.717, 1.165) is 41.3 Å². The lowest BCUT2D eigenvalue weighted by molar-refractivity contribution is -0.118. The van der Waals surface area contributed by atoms with Gasteiger partial charge in [-0.05, 0) is 55.2 Å². The Bertz CT molecular complexity index is 857. The number of ether oxygens (including phenoxy) is 2. The number of amides is 1. The number of hydrogen-bond donors (Lipinski definition) is 0. The van der Waals surface area contributed by atoms with Crippen LogP contribution in [0.5, 0.6) is 11.5 Å². The van der Waals surface area contributed by atoms with Crippen LogP contribution in [-0.2, 0) is 4.79 Å². The number of pyridine rings is 1. The first kappa shape index (κ1) is 18.5. The van der Waals surface area contributed by atoms with Crippen molar-refractivity contribution in [2.45, 2.75) is 51.5 Å². The van der Waals surface area contributed by atoms with Crippen LogP contribution < -0.4 is 14.4 Å². The number of aromatic nitrogens is 1. The van der Waals surface area contributed by atoms with Crippen LogP contribution >= 0.6 is 0 Å². The Balaban J connectivity index is 1.51. The highest BCUT2D eigenvalue weighted by molar-refractivity contribution is 5.94. The van der Waals surface area contributed by atoms with Gasteiger partial charge in [-0.25, -0.2) is 4.98 Å². The summed E-state index contributed by atoms with van der Waals surface area (Å²) in [6.07, 6.45) is 9.81. The van der Waals surface area contributed by atoms with Gasteiger partial charge in [0.1, 0.15) is 5.82 Å². The minimum absolute atomic E-state index is 0.102. The van der Waals surface area contributed by atoms with Crippen molar-refractivity contribution in [1.82, 2.24) is 4.98 Å². The molecular weight excluding hydrogens is 352 g/mol. The highest BCUT2D eigenvalue weighted by Gasteiger charge is 2.27. The van der Waals surface area contributed by atoms with E-state index in [1.165, 1.54) is 19.3 Å². The van der Waals surface area contributed by atoms with E-state index < -0.39 is 0 Å². The van der Waals surface area contributed by atoms with Gasteiger partial charge in [0.2, 0.25) is 12.7 Å². The molecule has 0 atom stereocenters. The van der Waals surface area contributed by atoms with E-state index >= 15 is 0 Å². The van der Waals surface area contributed by atoms with Gasteiger partial charge in [0.05, 0.1) is 0 Å². The zero-order valence-electron chi connectivity index (χ0n) is 16.3. The number of allylic oxidation sites excluding steroid dienone is 1. The molecule has 0 spiro atoms. The van der Waals surface area contributed by atoms with Crippen LogP contribution in [0.15, 0.2) is 48.7 Å². The van der Waals surface area contributed by atoms with Crippen molar-refractivity contribution in [2.75, 3.05) is 11.7 Å². The molecule has 0 saturated heterocycles. The molecule has 2 heterocycles. The van der Waals surface area contributed by atoms with Gasteiger partial charge in [-0.15, -0.1) is 0 Å². The molecule has 5 heteroatoms. The Hall–Kier alpha value is -2.82. The second-order valence-corrected chi connectivity index (χ2v) is 7.40. The Kier molecular flexibility index (Phi) is 5.60. The Morgan fingerprint density at radius 1 is 1.14 bits per heavy atom. The molecule has 146 valence electrons. The van der Waals surface area contributed by atoms with Gasteiger partial charge in [0, 0.05) is 18.7 Å². The molecule has 0 bridgehead atoms. The van der Waals surface area contributed by atoms with Gasteiger partial charge in [-0.1, -0.05) is 37.5 Å². The van der Waals surface area contributed by atoms with Crippen molar-refractivity contribution in [2.24, 2.45) is 0 Å². The Labute approximate surface area is 166 Å². The highest BCUT2D eigenvalue weighted by Crippen LogP contribution is 2.34. The van der Waals surface area contributed by atoms with E-state index in [4.69, 9.17) is 9.47 Å². The Morgan fingerprint density at radius 3 is 2.75 bits per heavy atom. The number of nitrogens with zero attached hydrogens (tertiary/aromatic N) is 2. The van der Waals surface area contributed by atoms with Crippen LogP contribution in [0.2, 0.25) is 0 Å². The summed E-state index contributed by atoms with van der Waals surface area (Å²) in [5.41, 5.74) is 2.09. The summed E-state index contributed by atoms with van der Waals surface area (Å²) < 4.78 is 10.8. The van der Waals surface area contributed by atoms with Crippen molar-refractivity contribution in [3.05, 3.63) is 54.2 Å². The number of carbonyl (C=O) groups excluding carboxylic acids is 1. The van der Waals surface area contributed by atoms with E-state index in [2.05, 4.69) is 4.98 Å². The first-order valence-corrected chi connectivity index (χ1v) is 10.0. The van der Waals surface area contributed by atoms with Gasteiger partial charge in [-0.2, -0.15) is 0 Å². The van der Waals surface area contributed by atoms with E-state index in [9.17, 15) is 4.79 Å². The van der Waals surface area contributed by atoms with Gasteiger partial charge < -0.3 is 9.47 Å². The molecule has 0 radical (unpaired) electrons. The zero-order chi connectivity index (χ0) is 19.3. The van der Waals surface area contributed by atoms with Crippen LogP contribution in [0.1, 0.15) is 51.0 Å². The maximum Gasteiger partial charge on any atom is 0.232 e. The van der Waals surface area contributed by atoms with Crippen molar-refractivity contribution in [3.63, 3.8) is 0 Å². The molecule has 1 aliphatic carbocycles. The van der Waals surface area contributed by atoms with Crippen molar-refractivity contribution < 1.29 is 14.3 Å². The average molecular weight is 378 g/mol. The van der Waals surface area contributed by atoms with Gasteiger partial charge in [0.25, 0.3) is 0 Å². The maximum atomic E-state index is 13.2. The molecule has 2 aromatic rings. The lowest BCUT2D eigenvalue weighted by Crippen LogP contribution is -2.42. The fraction of sp³-hybridized carbons (Fsp3) is 0.391. The van der Waals surface area contributed by atoms with E-state index in [1.807, 2.05) is 54.3 Å². The molecule has 2 aliphatic rings. The molecule has 5 nitrogen and oxygen atoms in total. The minimum Gasteiger partial charge on any atom is -0.454 e. The van der Waals surface area contributed by atoms with Crippen molar-refractivity contribution >= 4 is 17.3 Å². The molecule has 1 aromatic heterocycles. The second-order valence-electron chi connectivity index (χ2n) is 7.40. The minimum atomic E-state index is 0.102. The zero-order valence-corrected chi connectivity index (χ0v) is 16.3. The third-order valence-electron chi connectivity index (χ3n) is 5.52. The summed E-state index contributed by atoms with van der Waals surface area (Å²) in [5, 5.41) is 0. The van der Waals surface area contributed by atoms with Crippen LogP contribution in [0.25, 0.3) is 5.57 Å². The fourth-order valence-corrected chi connectivity index (χ4v) is 3.95. The molecule has 1 saturated carbocycles. The van der Waals surface area contributed by atoms with Crippen LogP contribution in [-0.4, -0.2) is 23.7 Å². The lowest BCUT2D eigenvalue weighted by Gasteiger charge is -2.33. The fourth-order valence-electron chi connectivity index (χ4n) is 3.95. The SMILES string of the molecule is C/C(=C/CC(=O)N(c1ccccn1)C1CCCCC1)c1ccc2c(c1)OCO2. The molecule has 1 fully saturated rings. The third-order valence-corrected chi connectivity index (χ3v) is 5.52. The summed E-state index contributed by atoms with van der Waals surface area (Å²) in [5.74, 6) is 2.39. The number of rotatable bonds is 5. The largest absolute Gasteiger partial charge is 0.454 e. The topological polar surface area (TPSA) is 51.7 Å². The molecular formula is C23H26N2O3. The number of anilines is 1. The molecule has 1 aliphatic heterocycles. The summed E-state index contributed by atoms with van der Waals surface area (Å²) >= 11 is 0. The van der Waals surface area contributed by atoms with Gasteiger partial charge in [0.15, 0.2) is 11.5 Å². The van der Waals surface area contributed by atoms with E-state index in [0.29, 0.717) is 6.42 Å². The van der Waals surface area contributed by atoms with Gasteiger partial charge in [-0.3, -0.25) is 9.69 Å². The smallest absolute Gasteiger partial charge is 0.232 e. The summed E-state index contributed by atoms with van der Waals surface area (Å²) in [6, 6.07) is 11.9. The van der Waals surface area contributed by atoms with Crippen molar-refractivity contribution in [1.29, 1.82) is 0 Å². The molecule has 1 aromatic carbocycles. The summed E-state index contributed by atoms with van der Waals surface area (Å²) in [4.78, 5) is 19.5. The summed E-state index contributed by atoms with van der Waals surface area (Å²) in [7, 11) is 0. The predicted octanol–water partition coefficient (Wildman–Crippen LogP) is 4.97. The molecule has 0 unspecified atom stereocenters. The first-order valence-electron chi connectivity index (χ1n) is 10.0. The highest BCUT2D eigenvalue weighted by atomic mass is 16.7. The lowest BCUT2D eigenvalue weighted by atomic mass is 9.93. The van der Waals surface area contributed by atoms with Crippen LogP contribution in [0.3, 0.4) is 0 Å². The molecule has 1 amide bonds. The van der Waals surface area contributed by atoms with E-state index in [-0.39, 0.29) is 18.7 Å². The van der Waals surface area contributed by atoms with Crippen molar-refractivity contribution in [3.8, 4) is 11.5 Å².